The van der Waals surface area contributed by atoms with Gasteiger partial charge < -0.3 is 14.3 Å². The molecule has 0 radical (unpaired) electrons. The zero-order valence-corrected chi connectivity index (χ0v) is 10.1. The van der Waals surface area contributed by atoms with Crippen LogP contribution in [0.5, 0.6) is 5.75 Å². The third-order valence-electron chi connectivity index (χ3n) is 2.51. The predicted octanol–water partition coefficient (Wildman–Crippen LogP) is 2.75. The van der Waals surface area contributed by atoms with Crippen molar-refractivity contribution in [3.63, 3.8) is 0 Å². The molecule has 1 aromatic carbocycles. The smallest absolute Gasteiger partial charge is 0.374 e. The van der Waals surface area contributed by atoms with Crippen LogP contribution in [0, 0.1) is 6.92 Å². The average Bonchev–Trinajstić information content (AvgIpc) is 2.81. The molecule has 0 spiro atoms. The van der Waals surface area contributed by atoms with Gasteiger partial charge in [-0.15, -0.1) is 0 Å². The van der Waals surface area contributed by atoms with Crippen molar-refractivity contribution in [1.82, 2.24) is 4.98 Å². The molecule has 0 bridgehead atoms. The predicted molar refractivity (Wildman–Crippen MR) is 64.8 cm³/mol. The van der Waals surface area contributed by atoms with Crippen LogP contribution in [0.3, 0.4) is 0 Å². The Morgan fingerprint density at radius 1 is 1.50 bits per heavy atom. The fourth-order valence-electron chi connectivity index (χ4n) is 1.72. The number of carboxylic acids is 1. The molecule has 5 heteroatoms. The summed E-state index contributed by atoms with van der Waals surface area (Å²) >= 11 is 0. The molecular weight excluding hydrogens is 234 g/mol. The van der Waals surface area contributed by atoms with Crippen molar-refractivity contribution in [3.8, 4) is 17.0 Å². The van der Waals surface area contributed by atoms with Crippen molar-refractivity contribution in [2.75, 3.05) is 6.61 Å². The van der Waals surface area contributed by atoms with Crippen molar-refractivity contribution in [3.05, 3.63) is 35.9 Å². The van der Waals surface area contributed by atoms with E-state index in [2.05, 4.69) is 4.98 Å². The van der Waals surface area contributed by atoms with Gasteiger partial charge in [-0.25, -0.2) is 9.78 Å². The van der Waals surface area contributed by atoms with Crippen molar-refractivity contribution in [2.24, 2.45) is 0 Å². The average molecular weight is 247 g/mol. The summed E-state index contributed by atoms with van der Waals surface area (Å²) in [5.74, 6) is -0.505. The first-order chi connectivity index (χ1) is 8.63. The molecule has 0 amide bonds. The molecule has 0 aliphatic rings. The van der Waals surface area contributed by atoms with Gasteiger partial charge in [0.25, 0.3) is 0 Å². The fraction of sp³-hybridized carbons (Fsp3) is 0.231. The summed E-state index contributed by atoms with van der Waals surface area (Å²) in [6.07, 6.45) is 1.13. The lowest BCUT2D eigenvalue weighted by Crippen LogP contribution is -1.98. The zero-order chi connectivity index (χ0) is 13.1. The number of hydrogen-bond acceptors (Lipinski definition) is 4. The molecule has 5 nitrogen and oxygen atoms in total. The van der Waals surface area contributed by atoms with Gasteiger partial charge >= 0.3 is 5.97 Å². The first kappa shape index (κ1) is 12.2. The van der Waals surface area contributed by atoms with E-state index in [9.17, 15) is 4.79 Å². The Hall–Kier alpha value is -2.30. The maximum absolute atomic E-state index is 11.0. The zero-order valence-electron chi connectivity index (χ0n) is 10.1. The third-order valence-corrected chi connectivity index (χ3v) is 2.51. The summed E-state index contributed by atoms with van der Waals surface area (Å²) in [5, 5.41) is 8.97. The number of carbonyl (C=O) groups is 1. The molecule has 0 unspecified atom stereocenters. The highest BCUT2D eigenvalue weighted by Gasteiger charge is 2.17. The Balaban J connectivity index is 2.42. The number of nitrogens with zero attached hydrogens (tertiary/aromatic N) is 1. The second-order valence-corrected chi connectivity index (χ2v) is 3.75. The number of hydrogen-bond donors (Lipinski definition) is 1. The molecule has 2 aromatic rings. The van der Waals surface area contributed by atoms with Gasteiger partial charge in [0.1, 0.15) is 11.4 Å². The Kier molecular flexibility index (Phi) is 3.32. The highest BCUT2D eigenvalue weighted by atomic mass is 16.5. The largest absolute Gasteiger partial charge is 0.494 e. The summed E-state index contributed by atoms with van der Waals surface area (Å²) in [6, 6.07) is 5.39. The van der Waals surface area contributed by atoms with Crippen molar-refractivity contribution < 1.29 is 19.1 Å². The van der Waals surface area contributed by atoms with Gasteiger partial charge in [-0.3, -0.25) is 0 Å². The number of benzene rings is 1. The monoisotopic (exact) mass is 247 g/mol. The van der Waals surface area contributed by atoms with E-state index in [0.29, 0.717) is 17.9 Å². The SMILES string of the molecule is CCOc1ccc(-c2ncoc2C(=O)O)cc1C. The topological polar surface area (TPSA) is 72.6 Å². The molecule has 0 saturated carbocycles. The Labute approximate surface area is 104 Å². The molecule has 2 rings (SSSR count). The number of rotatable bonds is 4. The highest BCUT2D eigenvalue weighted by Crippen LogP contribution is 2.27. The van der Waals surface area contributed by atoms with Gasteiger partial charge in [0.2, 0.25) is 5.76 Å². The highest BCUT2D eigenvalue weighted by molar-refractivity contribution is 5.91. The van der Waals surface area contributed by atoms with Gasteiger partial charge in [0.05, 0.1) is 6.61 Å². The molecule has 1 N–H and O–H groups in total. The van der Waals surface area contributed by atoms with Crippen molar-refractivity contribution >= 4 is 5.97 Å². The first-order valence-electron chi connectivity index (χ1n) is 5.54. The molecule has 0 aliphatic carbocycles. The van der Waals surface area contributed by atoms with Crippen molar-refractivity contribution in [2.45, 2.75) is 13.8 Å². The van der Waals surface area contributed by atoms with Crippen LogP contribution in [0.1, 0.15) is 23.0 Å². The van der Waals surface area contributed by atoms with E-state index >= 15 is 0 Å². The molecule has 94 valence electrons. The number of aryl methyl sites for hydroxylation is 1. The minimum Gasteiger partial charge on any atom is -0.494 e. The van der Waals surface area contributed by atoms with E-state index in [1.807, 2.05) is 19.9 Å². The van der Waals surface area contributed by atoms with Gasteiger partial charge in [-0.05, 0) is 37.6 Å². The van der Waals surface area contributed by atoms with E-state index < -0.39 is 5.97 Å². The minimum absolute atomic E-state index is 0.154. The van der Waals surface area contributed by atoms with Crippen LogP contribution >= 0.6 is 0 Å². The number of aromatic carboxylic acids is 1. The quantitative estimate of drug-likeness (QED) is 0.899. The lowest BCUT2D eigenvalue weighted by molar-refractivity contribution is 0.0663. The minimum atomic E-state index is -1.13. The molecule has 1 heterocycles. The third kappa shape index (κ3) is 2.20. The second-order valence-electron chi connectivity index (χ2n) is 3.75. The Bertz CT molecular complexity index is 574. The van der Waals surface area contributed by atoms with E-state index in [-0.39, 0.29) is 5.76 Å². The first-order valence-corrected chi connectivity index (χ1v) is 5.54. The van der Waals surface area contributed by atoms with Gasteiger partial charge in [0, 0.05) is 5.56 Å². The maximum atomic E-state index is 11.0. The summed E-state index contributed by atoms with van der Waals surface area (Å²) in [4.78, 5) is 14.9. The van der Waals surface area contributed by atoms with Crippen LogP contribution in [0.2, 0.25) is 0 Å². The van der Waals surface area contributed by atoms with Crippen LogP contribution in [0.4, 0.5) is 0 Å². The number of carboxylic acid groups (broad SMARTS) is 1. The van der Waals surface area contributed by atoms with Crippen LogP contribution < -0.4 is 4.74 Å². The number of aromatic nitrogens is 1. The summed E-state index contributed by atoms with van der Waals surface area (Å²) in [7, 11) is 0. The molecule has 0 aliphatic heterocycles. The normalized spacial score (nSPS) is 10.3. The molecule has 1 aromatic heterocycles. The van der Waals surface area contributed by atoms with Gasteiger partial charge in [0.15, 0.2) is 6.39 Å². The number of ether oxygens (including phenoxy) is 1. The van der Waals surface area contributed by atoms with Crippen molar-refractivity contribution in [1.29, 1.82) is 0 Å². The van der Waals surface area contributed by atoms with Crippen LogP contribution in [-0.4, -0.2) is 22.7 Å². The Morgan fingerprint density at radius 3 is 2.89 bits per heavy atom. The summed E-state index contributed by atoms with van der Waals surface area (Å²) in [6.45, 7) is 4.40. The lowest BCUT2D eigenvalue weighted by atomic mass is 10.1. The molecule has 0 saturated heterocycles. The van der Waals surface area contributed by atoms with E-state index in [0.717, 1.165) is 17.7 Å². The molecular formula is C13H13NO4. The van der Waals surface area contributed by atoms with Crippen LogP contribution in [0.15, 0.2) is 29.0 Å². The molecule has 0 atom stereocenters. The van der Waals surface area contributed by atoms with E-state index in [1.54, 1.807) is 12.1 Å². The van der Waals surface area contributed by atoms with Gasteiger partial charge in [-0.2, -0.15) is 0 Å². The van der Waals surface area contributed by atoms with Gasteiger partial charge in [-0.1, -0.05) is 0 Å². The van der Waals surface area contributed by atoms with Crippen LogP contribution in [0.25, 0.3) is 11.3 Å². The fourth-order valence-corrected chi connectivity index (χ4v) is 1.72. The molecule has 18 heavy (non-hydrogen) atoms. The lowest BCUT2D eigenvalue weighted by Gasteiger charge is -2.08. The second kappa shape index (κ2) is 4.91. The van der Waals surface area contributed by atoms with Crippen LogP contribution in [-0.2, 0) is 0 Å². The Morgan fingerprint density at radius 2 is 2.28 bits per heavy atom. The number of oxazole rings is 1. The summed E-state index contributed by atoms with van der Waals surface area (Å²) in [5.41, 5.74) is 1.95. The molecule has 0 fully saturated rings. The van der Waals surface area contributed by atoms with E-state index in [4.69, 9.17) is 14.3 Å². The standard InChI is InChI=1S/C13H13NO4/c1-3-17-10-5-4-9(6-8(10)2)11-12(13(15)16)18-7-14-11/h4-7H,3H2,1-2H3,(H,15,16). The summed E-state index contributed by atoms with van der Waals surface area (Å²) < 4.78 is 10.3. The maximum Gasteiger partial charge on any atom is 0.374 e. The van der Waals surface area contributed by atoms with E-state index in [1.165, 1.54) is 0 Å².